The summed E-state index contributed by atoms with van der Waals surface area (Å²) in [7, 11) is 0. The molecule has 5 rings (SSSR count). The van der Waals surface area contributed by atoms with E-state index in [4.69, 9.17) is 18.9 Å². The molecule has 1 saturated heterocycles. The number of pyridine rings is 1. The van der Waals surface area contributed by atoms with E-state index >= 15 is 0 Å². The van der Waals surface area contributed by atoms with Crippen LogP contribution in [0.2, 0.25) is 0 Å². The standard InChI is InChI=1S/C25H21N3O5/c29-24(30)21-16-28(13-14-31-21)25-27-22(23(33-25)18-5-4-12-26-15-18)17-8-10-20(11-9-17)32-19-6-2-1-3-7-19/h1-12,15,21H,13-14,16H2,(H,29,30). The molecular weight excluding hydrogens is 422 g/mol. The van der Waals surface area contributed by atoms with Crippen LogP contribution in [0.25, 0.3) is 22.6 Å². The first-order chi connectivity index (χ1) is 16.2. The summed E-state index contributed by atoms with van der Waals surface area (Å²) in [5.41, 5.74) is 2.26. The summed E-state index contributed by atoms with van der Waals surface area (Å²) >= 11 is 0. The van der Waals surface area contributed by atoms with Crippen molar-refractivity contribution in [2.24, 2.45) is 0 Å². The van der Waals surface area contributed by atoms with Crippen LogP contribution in [0, 0.1) is 0 Å². The third-order valence-corrected chi connectivity index (χ3v) is 5.26. The van der Waals surface area contributed by atoms with E-state index in [-0.39, 0.29) is 13.2 Å². The first-order valence-corrected chi connectivity index (χ1v) is 10.5. The zero-order valence-corrected chi connectivity index (χ0v) is 17.6. The number of aromatic nitrogens is 2. The van der Waals surface area contributed by atoms with Crippen LogP contribution in [0.15, 0.2) is 83.5 Å². The Balaban J connectivity index is 1.47. The van der Waals surface area contributed by atoms with Gasteiger partial charge in [-0.25, -0.2) is 4.79 Å². The van der Waals surface area contributed by atoms with Crippen LogP contribution in [-0.4, -0.2) is 46.8 Å². The van der Waals surface area contributed by atoms with Crippen LogP contribution in [0.1, 0.15) is 0 Å². The summed E-state index contributed by atoms with van der Waals surface area (Å²) in [5, 5.41) is 9.33. The van der Waals surface area contributed by atoms with E-state index in [1.807, 2.05) is 66.7 Å². The molecule has 1 fully saturated rings. The van der Waals surface area contributed by atoms with Gasteiger partial charge < -0.3 is 23.9 Å². The highest BCUT2D eigenvalue weighted by atomic mass is 16.5. The second kappa shape index (κ2) is 9.13. The van der Waals surface area contributed by atoms with Gasteiger partial charge in [0.15, 0.2) is 11.9 Å². The van der Waals surface area contributed by atoms with Crippen molar-refractivity contribution in [2.75, 3.05) is 24.6 Å². The van der Waals surface area contributed by atoms with Gasteiger partial charge in [-0.1, -0.05) is 18.2 Å². The van der Waals surface area contributed by atoms with Crippen LogP contribution in [0.3, 0.4) is 0 Å². The highest BCUT2D eigenvalue weighted by Crippen LogP contribution is 2.36. The average Bonchev–Trinajstić information content (AvgIpc) is 3.31. The Kier molecular flexibility index (Phi) is 5.73. The summed E-state index contributed by atoms with van der Waals surface area (Å²) in [6, 6.07) is 21.2. The fraction of sp³-hybridized carbons (Fsp3) is 0.160. The molecular formula is C25H21N3O5. The number of benzene rings is 2. The lowest BCUT2D eigenvalue weighted by Gasteiger charge is -2.29. The quantitative estimate of drug-likeness (QED) is 0.466. The predicted octanol–water partition coefficient (Wildman–Crippen LogP) is 4.49. The number of nitrogens with zero attached hydrogens (tertiary/aromatic N) is 3. The molecule has 0 saturated carbocycles. The third-order valence-electron chi connectivity index (χ3n) is 5.26. The molecule has 4 aromatic rings. The minimum atomic E-state index is -1.01. The number of para-hydroxylation sites is 1. The van der Waals surface area contributed by atoms with Crippen molar-refractivity contribution < 1.29 is 23.8 Å². The SMILES string of the molecule is O=C(O)C1CN(c2nc(-c3ccc(Oc4ccccc4)cc3)c(-c3cccnc3)o2)CCO1. The molecule has 8 heteroatoms. The van der Waals surface area contributed by atoms with E-state index in [0.717, 1.165) is 16.9 Å². The van der Waals surface area contributed by atoms with Crippen LogP contribution in [0.5, 0.6) is 11.5 Å². The van der Waals surface area contributed by atoms with Gasteiger partial charge in [0.2, 0.25) is 0 Å². The van der Waals surface area contributed by atoms with E-state index in [1.165, 1.54) is 0 Å². The van der Waals surface area contributed by atoms with E-state index in [1.54, 1.807) is 17.3 Å². The highest BCUT2D eigenvalue weighted by molar-refractivity contribution is 5.78. The zero-order chi connectivity index (χ0) is 22.6. The minimum absolute atomic E-state index is 0.158. The number of rotatable bonds is 6. The topological polar surface area (TPSA) is 97.9 Å². The van der Waals surface area contributed by atoms with Gasteiger partial charge in [-0.3, -0.25) is 4.98 Å². The van der Waals surface area contributed by atoms with E-state index in [0.29, 0.717) is 29.8 Å². The van der Waals surface area contributed by atoms with Crippen molar-refractivity contribution in [3.63, 3.8) is 0 Å². The Hall–Kier alpha value is -4.17. The van der Waals surface area contributed by atoms with Crippen molar-refractivity contribution in [1.29, 1.82) is 0 Å². The van der Waals surface area contributed by atoms with Gasteiger partial charge in [-0.2, -0.15) is 4.98 Å². The van der Waals surface area contributed by atoms with E-state index in [2.05, 4.69) is 4.98 Å². The van der Waals surface area contributed by atoms with Crippen LogP contribution in [-0.2, 0) is 9.53 Å². The molecule has 0 radical (unpaired) electrons. The van der Waals surface area contributed by atoms with Crippen molar-refractivity contribution >= 4 is 12.0 Å². The lowest BCUT2D eigenvalue weighted by Crippen LogP contribution is -2.46. The Labute approximate surface area is 190 Å². The maximum absolute atomic E-state index is 11.4. The Morgan fingerprint density at radius 1 is 1.00 bits per heavy atom. The summed E-state index contributed by atoms with van der Waals surface area (Å²) in [4.78, 5) is 22.1. The fourth-order valence-electron chi connectivity index (χ4n) is 3.61. The van der Waals surface area contributed by atoms with E-state index in [9.17, 15) is 9.90 Å². The Morgan fingerprint density at radius 2 is 1.79 bits per heavy atom. The number of oxazole rings is 1. The number of hydrogen-bond donors (Lipinski definition) is 1. The molecule has 166 valence electrons. The molecule has 0 aliphatic carbocycles. The second-order valence-electron chi connectivity index (χ2n) is 7.50. The molecule has 1 aliphatic heterocycles. The smallest absolute Gasteiger partial charge is 0.334 e. The minimum Gasteiger partial charge on any atom is -0.479 e. The van der Waals surface area contributed by atoms with Crippen molar-refractivity contribution in [1.82, 2.24) is 9.97 Å². The molecule has 1 aliphatic rings. The number of anilines is 1. The number of ether oxygens (including phenoxy) is 2. The number of carboxylic acid groups (broad SMARTS) is 1. The van der Waals surface area contributed by atoms with Gasteiger partial charge in [-0.15, -0.1) is 0 Å². The molecule has 1 atom stereocenters. The fourth-order valence-corrected chi connectivity index (χ4v) is 3.61. The van der Waals surface area contributed by atoms with Gasteiger partial charge in [0.1, 0.15) is 17.2 Å². The molecule has 1 unspecified atom stereocenters. The summed E-state index contributed by atoms with van der Waals surface area (Å²) < 4.78 is 17.4. The van der Waals surface area contributed by atoms with Gasteiger partial charge in [0.25, 0.3) is 6.01 Å². The lowest BCUT2D eigenvalue weighted by molar-refractivity contribution is -0.150. The molecule has 2 aromatic carbocycles. The second-order valence-corrected chi connectivity index (χ2v) is 7.50. The predicted molar refractivity (Wildman–Crippen MR) is 121 cm³/mol. The number of aliphatic carboxylic acids is 1. The number of hydrogen-bond acceptors (Lipinski definition) is 7. The Morgan fingerprint density at radius 3 is 2.52 bits per heavy atom. The van der Waals surface area contributed by atoms with Gasteiger partial charge in [-0.05, 0) is 48.5 Å². The summed E-state index contributed by atoms with van der Waals surface area (Å²) in [6.07, 6.45) is 2.47. The van der Waals surface area contributed by atoms with Gasteiger partial charge >= 0.3 is 5.97 Å². The molecule has 8 nitrogen and oxygen atoms in total. The molecule has 0 bridgehead atoms. The van der Waals surface area contributed by atoms with Crippen molar-refractivity contribution in [3.05, 3.63) is 79.1 Å². The summed E-state index contributed by atoms with van der Waals surface area (Å²) in [6.45, 7) is 0.925. The first kappa shape index (κ1) is 20.7. The molecule has 0 amide bonds. The number of carbonyl (C=O) groups is 1. The molecule has 33 heavy (non-hydrogen) atoms. The van der Waals surface area contributed by atoms with Crippen LogP contribution < -0.4 is 9.64 Å². The molecule has 0 spiro atoms. The third kappa shape index (κ3) is 4.56. The van der Waals surface area contributed by atoms with E-state index < -0.39 is 12.1 Å². The summed E-state index contributed by atoms with van der Waals surface area (Å²) in [5.74, 6) is 1.01. The monoisotopic (exact) mass is 443 g/mol. The van der Waals surface area contributed by atoms with Crippen molar-refractivity contribution in [2.45, 2.75) is 6.10 Å². The van der Waals surface area contributed by atoms with Crippen molar-refractivity contribution in [3.8, 4) is 34.1 Å². The van der Waals surface area contributed by atoms with Crippen LogP contribution >= 0.6 is 0 Å². The first-order valence-electron chi connectivity index (χ1n) is 10.5. The highest BCUT2D eigenvalue weighted by Gasteiger charge is 2.30. The number of morpholine rings is 1. The van der Waals surface area contributed by atoms with Gasteiger partial charge in [0.05, 0.1) is 13.2 Å². The molecule has 1 N–H and O–H groups in total. The average molecular weight is 443 g/mol. The zero-order valence-electron chi connectivity index (χ0n) is 17.6. The van der Waals surface area contributed by atoms with Crippen LogP contribution in [0.4, 0.5) is 6.01 Å². The maximum Gasteiger partial charge on any atom is 0.334 e. The molecule has 3 heterocycles. The Bertz CT molecular complexity index is 1230. The largest absolute Gasteiger partial charge is 0.479 e. The number of carboxylic acids is 1. The molecule has 2 aromatic heterocycles. The van der Waals surface area contributed by atoms with Gasteiger partial charge in [0, 0.05) is 30.1 Å². The normalized spacial score (nSPS) is 15.9. The maximum atomic E-state index is 11.4. The lowest BCUT2D eigenvalue weighted by atomic mass is 10.1.